The first-order valence-corrected chi connectivity index (χ1v) is 8.64. The van der Waals surface area contributed by atoms with Crippen molar-refractivity contribution in [1.29, 1.82) is 0 Å². The fourth-order valence-corrected chi connectivity index (χ4v) is 5.41. The molecule has 0 saturated carbocycles. The molecule has 4 aliphatic heterocycles. The second-order valence-electron chi connectivity index (χ2n) is 7.83. The molecule has 2 bridgehead atoms. The van der Waals surface area contributed by atoms with Crippen molar-refractivity contribution in [2.45, 2.75) is 49.8 Å². The predicted molar refractivity (Wildman–Crippen MR) is 83.9 cm³/mol. The lowest BCUT2D eigenvalue weighted by molar-refractivity contribution is -0.140. The van der Waals surface area contributed by atoms with E-state index in [9.17, 15) is 18.0 Å². The number of fused-ring (bicyclic) bond motifs is 2. The van der Waals surface area contributed by atoms with Crippen molar-refractivity contribution in [2.24, 2.45) is 11.8 Å². The molecule has 1 aromatic heterocycles. The second kappa shape index (κ2) is 4.69. The molecule has 2 unspecified atom stereocenters. The average molecular weight is 369 g/mol. The van der Waals surface area contributed by atoms with E-state index in [-0.39, 0.29) is 17.5 Å². The maximum Gasteiger partial charge on any atom is 0.420 e. The summed E-state index contributed by atoms with van der Waals surface area (Å²) >= 11 is 0. The summed E-state index contributed by atoms with van der Waals surface area (Å²) in [6, 6.07) is 0.886. The van der Waals surface area contributed by atoms with Crippen molar-refractivity contribution in [3.05, 3.63) is 17.8 Å². The van der Waals surface area contributed by atoms with Gasteiger partial charge in [0, 0.05) is 12.3 Å². The number of hydrogen-bond acceptors (Lipinski definition) is 5. The van der Waals surface area contributed by atoms with Gasteiger partial charge in [-0.3, -0.25) is 9.69 Å². The number of ether oxygens (including phenoxy) is 2. The Balaban J connectivity index is 1.61. The van der Waals surface area contributed by atoms with Gasteiger partial charge in [-0.25, -0.2) is 4.98 Å². The molecular formula is C17H18F3N3O3. The van der Waals surface area contributed by atoms with Gasteiger partial charge in [0.05, 0.1) is 41.2 Å². The number of hydrogen-bond donors (Lipinski definition) is 1. The molecule has 4 fully saturated rings. The van der Waals surface area contributed by atoms with Gasteiger partial charge in [0.15, 0.2) is 0 Å². The van der Waals surface area contributed by atoms with Crippen molar-refractivity contribution in [2.75, 3.05) is 17.2 Å². The molecule has 4 aliphatic rings. The highest BCUT2D eigenvalue weighted by molar-refractivity contribution is 5.99. The van der Waals surface area contributed by atoms with Crippen molar-refractivity contribution in [3.8, 4) is 0 Å². The van der Waals surface area contributed by atoms with Crippen LogP contribution in [0.15, 0.2) is 12.3 Å². The lowest BCUT2D eigenvalue weighted by atomic mass is 9.66. The quantitative estimate of drug-likeness (QED) is 0.822. The molecule has 9 heteroatoms. The van der Waals surface area contributed by atoms with Crippen LogP contribution in [0.5, 0.6) is 0 Å². The number of amides is 1. The zero-order chi connectivity index (χ0) is 18.5. The van der Waals surface area contributed by atoms with Crippen molar-refractivity contribution < 1.29 is 27.4 Å². The summed E-state index contributed by atoms with van der Waals surface area (Å²) in [4.78, 5) is 18.2. The Hall–Kier alpha value is -1.87. The largest absolute Gasteiger partial charge is 0.420 e. The van der Waals surface area contributed by atoms with Crippen LogP contribution in [0.4, 0.5) is 24.7 Å². The first-order chi connectivity index (χ1) is 12.2. The molecule has 0 radical (unpaired) electrons. The number of carbonyl (C=O) groups excluding carboxylic acids is 1. The Kier molecular flexibility index (Phi) is 2.94. The van der Waals surface area contributed by atoms with E-state index in [1.54, 1.807) is 0 Å². The third-order valence-electron chi connectivity index (χ3n) is 6.47. The first-order valence-electron chi connectivity index (χ1n) is 8.64. The molecule has 5 heterocycles. The Labute approximate surface area is 147 Å². The number of rotatable bonds is 1. The van der Waals surface area contributed by atoms with Crippen LogP contribution in [0.25, 0.3) is 0 Å². The van der Waals surface area contributed by atoms with Crippen molar-refractivity contribution in [3.63, 3.8) is 0 Å². The van der Waals surface area contributed by atoms with Gasteiger partial charge < -0.3 is 15.2 Å². The van der Waals surface area contributed by atoms with Crippen molar-refractivity contribution >= 4 is 17.4 Å². The standard InChI is InChI=1S/C17H18F3N3O3/c1-15-2-3-16(26-15)4-5-25-14-11(16)10(15)13(24)23(14)8-6-9(17(18,19)20)12(21)22-7-8/h6-7,10-11,14H,2-5H2,1H3,(H2,21,22)/t10-,11+,14+,15?,16?/m1/s1. The minimum atomic E-state index is -4.64. The van der Waals surface area contributed by atoms with Gasteiger partial charge in [-0.1, -0.05) is 0 Å². The molecule has 1 spiro atoms. The molecule has 5 atom stereocenters. The lowest BCUT2D eigenvalue weighted by Gasteiger charge is -2.41. The highest BCUT2D eigenvalue weighted by Crippen LogP contribution is 2.65. The Morgan fingerprint density at radius 3 is 2.85 bits per heavy atom. The number of nitrogens with two attached hydrogens (primary N) is 1. The minimum absolute atomic E-state index is 0.0657. The van der Waals surface area contributed by atoms with Crippen LogP contribution in [0.1, 0.15) is 31.7 Å². The number of nitrogen functional groups attached to an aromatic ring is 1. The molecule has 1 amide bonds. The van der Waals surface area contributed by atoms with Gasteiger partial charge in [-0.2, -0.15) is 13.2 Å². The summed E-state index contributed by atoms with van der Waals surface area (Å²) < 4.78 is 51.8. The molecular weight excluding hydrogens is 351 g/mol. The molecule has 1 aromatic rings. The van der Waals surface area contributed by atoms with Crippen LogP contribution < -0.4 is 10.6 Å². The second-order valence-corrected chi connectivity index (χ2v) is 7.83. The molecule has 26 heavy (non-hydrogen) atoms. The molecule has 0 aromatic carbocycles. The number of nitrogens with zero attached hydrogens (tertiary/aromatic N) is 2. The molecule has 4 saturated heterocycles. The fourth-order valence-electron chi connectivity index (χ4n) is 5.41. The van der Waals surface area contributed by atoms with E-state index >= 15 is 0 Å². The van der Waals surface area contributed by atoms with Gasteiger partial charge in [0.2, 0.25) is 5.91 Å². The van der Waals surface area contributed by atoms with Crippen molar-refractivity contribution in [1.82, 2.24) is 4.98 Å². The topological polar surface area (TPSA) is 77.7 Å². The predicted octanol–water partition coefficient (Wildman–Crippen LogP) is 2.33. The summed E-state index contributed by atoms with van der Waals surface area (Å²) in [7, 11) is 0. The number of carbonyl (C=O) groups is 1. The highest BCUT2D eigenvalue weighted by Gasteiger charge is 2.75. The lowest BCUT2D eigenvalue weighted by Crippen LogP contribution is -2.51. The zero-order valence-electron chi connectivity index (χ0n) is 14.0. The summed E-state index contributed by atoms with van der Waals surface area (Å²) in [5, 5.41) is 0. The minimum Gasteiger partial charge on any atom is -0.383 e. The van der Waals surface area contributed by atoms with E-state index in [1.807, 2.05) is 6.92 Å². The third-order valence-corrected chi connectivity index (χ3v) is 6.47. The third kappa shape index (κ3) is 1.85. The van der Waals surface area contributed by atoms with Crippen LogP contribution in [-0.4, -0.2) is 34.9 Å². The Morgan fingerprint density at radius 2 is 2.12 bits per heavy atom. The van der Waals surface area contributed by atoms with Gasteiger partial charge >= 0.3 is 6.18 Å². The summed E-state index contributed by atoms with van der Waals surface area (Å²) in [6.45, 7) is 2.33. The van der Waals surface area contributed by atoms with E-state index in [4.69, 9.17) is 15.2 Å². The Bertz CT molecular complexity index is 812. The van der Waals surface area contributed by atoms with E-state index < -0.39 is 40.9 Å². The maximum atomic E-state index is 13.2. The maximum absolute atomic E-state index is 13.2. The number of anilines is 2. The van der Waals surface area contributed by atoms with E-state index in [0.717, 1.165) is 18.9 Å². The summed E-state index contributed by atoms with van der Waals surface area (Å²) in [6.07, 6.45) is -1.74. The van der Waals surface area contributed by atoms with Crippen LogP contribution in [0.3, 0.4) is 0 Å². The van der Waals surface area contributed by atoms with Gasteiger partial charge in [-0.15, -0.1) is 0 Å². The van der Waals surface area contributed by atoms with E-state index in [2.05, 4.69) is 4.98 Å². The molecule has 2 N–H and O–H groups in total. The van der Waals surface area contributed by atoms with E-state index in [1.165, 1.54) is 11.1 Å². The molecule has 5 rings (SSSR count). The number of alkyl halides is 3. The number of pyridine rings is 1. The smallest absolute Gasteiger partial charge is 0.383 e. The van der Waals surface area contributed by atoms with E-state index in [0.29, 0.717) is 13.0 Å². The highest BCUT2D eigenvalue weighted by atomic mass is 19.4. The average Bonchev–Trinajstić information content (AvgIpc) is 3.14. The number of halogens is 3. The Morgan fingerprint density at radius 1 is 1.35 bits per heavy atom. The SMILES string of the molecule is CC12CCC3(CCO[C@H]4[C@@H]3[C@@H]1C(=O)N4c1cnc(N)c(C(F)(F)F)c1)O2. The number of aromatic nitrogens is 1. The normalized spacial score (nSPS) is 41.0. The first kappa shape index (κ1) is 16.3. The monoisotopic (exact) mass is 369 g/mol. The van der Waals surface area contributed by atoms with Gasteiger partial charge in [0.1, 0.15) is 12.0 Å². The van der Waals surface area contributed by atoms with Crippen LogP contribution in [0, 0.1) is 11.8 Å². The summed E-state index contributed by atoms with van der Waals surface area (Å²) in [5.74, 6) is -1.45. The summed E-state index contributed by atoms with van der Waals surface area (Å²) in [5.41, 5.74) is 3.41. The molecule has 140 valence electrons. The molecule has 0 aliphatic carbocycles. The van der Waals surface area contributed by atoms with Crippen LogP contribution >= 0.6 is 0 Å². The van der Waals surface area contributed by atoms with Gasteiger partial charge in [-0.05, 0) is 25.8 Å². The van der Waals surface area contributed by atoms with Crippen LogP contribution in [0.2, 0.25) is 0 Å². The van der Waals surface area contributed by atoms with Crippen LogP contribution in [-0.2, 0) is 20.4 Å². The fraction of sp³-hybridized carbons (Fsp3) is 0.647. The zero-order valence-corrected chi connectivity index (χ0v) is 14.0. The molecule has 6 nitrogen and oxygen atoms in total. The van der Waals surface area contributed by atoms with Gasteiger partial charge in [0.25, 0.3) is 0 Å².